The van der Waals surface area contributed by atoms with Crippen molar-refractivity contribution in [1.29, 1.82) is 0 Å². The van der Waals surface area contributed by atoms with Crippen molar-refractivity contribution in [3.63, 3.8) is 0 Å². The number of carbonyl (C=O) groups excluding carboxylic acids is 2. The molecule has 3 aromatic heterocycles. The van der Waals surface area contributed by atoms with E-state index in [1.807, 2.05) is 43.3 Å². The van der Waals surface area contributed by atoms with Crippen LogP contribution in [0.25, 0.3) is 11.4 Å². The highest BCUT2D eigenvalue weighted by Gasteiger charge is 2.47. The summed E-state index contributed by atoms with van der Waals surface area (Å²) in [5.74, 6) is -0.367. The molecule has 5 aromatic rings. The minimum atomic E-state index is -0.925. The molecule has 212 valence electrons. The van der Waals surface area contributed by atoms with Crippen molar-refractivity contribution in [3.8, 4) is 11.5 Å². The van der Waals surface area contributed by atoms with E-state index in [1.54, 1.807) is 60.0 Å². The first-order valence-corrected chi connectivity index (χ1v) is 13.6. The average molecular weight is 564 g/mol. The number of hydrogen-bond donors (Lipinski definition) is 1. The lowest BCUT2D eigenvalue weighted by molar-refractivity contribution is -0.140. The van der Waals surface area contributed by atoms with Crippen LogP contribution in [-0.4, -0.2) is 37.7 Å². The Kier molecular flexibility index (Phi) is 7.23. The maximum atomic E-state index is 13.6. The number of aliphatic hydroxyl groups excluding tert-OH is 1. The largest absolute Gasteiger partial charge is 0.505 e. The topological polar surface area (TPSA) is 107 Å². The number of aromatic nitrogens is 2. The number of hydrogen-bond acceptors (Lipinski definition) is 7. The quantitative estimate of drug-likeness (QED) is 0.137. The van der Waals surface area contributed by atoms with Crippen LogP contribution in [0.4, 0.5) is 0 Å². The van der Waals surface area contributed by atoms with Gasteiger partial charge in [-0.3, -0.25) is 14.0 Å². The van der Waals surface area contributed by atoms with Gasteiger partial charge >= 0.3 is 0 Å². The lowest BCUT2D eigenvalue weighted by atomic mass is 9.95. The van der Waals surface area contributed by atoms with Gasteiger partial charge in [-0.1, -0.05) is 42.5 Å². The summed E-state index contributed by atoms with van der Waals surface area (Å²) in [6.07, 6.45) is 3.26. The highest BCUT2D eigenvalue weighted by atomic mass is 16.5. The molecule has 0 saturated carbocycles. The van der Waals surface area contributed by atoms with Crippen LogP contribution in [0.15, 0.2) is 101 Å². The number of pyridine rings is 1. The molecular formula is C33H29N3O6. The van der Waals surface area contributed by atoms with Crippen LogP contribution in [0.3, 0.4) is 0 Å². The second-order valence-electron chi connectivity index (χ2n) is 9.89. The molecule has 0 aliphatic carbocycles. The Morgan fingerprint density at radius 3 is 2.55 bits per heavy atom. The molecule has 1 amide bonds. The molecule has 6 rings (SSSR count). The molecule has 4 heterocycles. The smallest absolute Gasteiger partial charge is 0.296 e. The van der Waals surface area contributed by atoms with Gasteiger partial charge in [0.05, 0.1) is 36.7 Å². The molecule has 1 fully saturated rings. The van der Waals surface area contributed by atoms with Crippen LogP contribution in [0.2, 0.25) is 0 Å². The molecule has 1 N–H and O–H groups in total. The van der Waals surface area contributed by atoms with E-state index in [2.05, 4.69) is 4.98 Å². The fraction of sp³-hybridized carbons (Fsp3) is 0.182. The Morgan fingerprint density at radius 2 is 1.79 bits per heavy atom. The monoisotopic (exact) mass is 563 g/mol. The van der Waals surface area contributed by atoms with Gasteiger partial charge in [0.1, 0.15) is 23.7 Å². The Morgan fingerprint density at radius 1 is 0.976 bits per heavy atom. The summed E-state index contributed by atoms with van der Waals surface area (Å²) < 4.78 is 19.2. The first-order valence-electron chi connectivity index (χ1n) is 13.6. The molecule has 1 unspecified atom stereocenters. The van der Waals surface area contributed by atoms with Crippen molar-refractivity contribution >= 4 is 23.1 Å². The van der Waals surface area contributed by atoms with Gasteiger partial charge < -0.3 is 23.9 Å². The van der Waals surface area contributed by atoms with E-state index in [9.17, 15) is 14.7 Å². The van der Waals surface area contributed by atoms with E-state index in [1.165, 1.54) is 11.2 Å². The number of ketones is 1. The number of benzene rings is 2. The summed E-state index contributed by atoms with van der Waals surface area (Å²) in [5.41, 5.74) is 3.01. The van der Waals surface area contributed by atoms with E-state index in [0.717, 1.165) is 5.56 Å². The molecule has 0 spiro atoms. The van der Waals surface area contributed by atoms with Gasteiger partial charge in [-0.15, -0.1) is 0 Å². The molecule has 0 bridgehead atoms. The van der Waals surface area contributed by atoms with E-state index < -0.39 is 17.7 Å². The summed E-state index contributed by atoms with van der Waals surface area (Å²) in [6.45, 7) is 4.36. The number of ether oxygens (including phenoxy) is 2. The Hall–Kier alpha value is -5.31. The number of nitrogens with zero attached hydrogens (tertiary/aromatic N) is 3. The highest BCUT2D eigenvalue weighted by Crippen LogP contribution is 2.43. The van der Waals surface area contributed by atoms with Crippen molar-refractivity contribution < 1.29 is 28.6 Å². The number of fused-ring (bicyclic) bond motifs is 1. The Bertz CT molecular complexity index is 1790. The third kappa shape index (κ3) is 4.89. The molecule has 2 aromatic carbocycles. The molecule has 42 heavy (non-hydrogen) atoms. The number of aliphatic hydroxyl groups is 1. The van der Waals surface area contributed by atoms with E-state index in [-0.39, 0.29) is 17.9 Å². The predicted molar refractivity (Wildman–Crippen MR) is 155 cm³/mol. The first kappa shape index (κ1) is 26.9. The van der Waals surface area contributed by atoms with Crippen molar-refractivity contribution in [3.05, 3.63) is 125 Å². The van der Waals surface area contributed by atoms with Gasteiger partial charge in [0.15, 0.2) is 17.3 Å². The van der Waals surface area contributed by atoms with Crippen LogP contribution in [0.5, 0.6) is 11.5 Å². The van der Waals surface area contributed by atoms with Crippen molar-refractivity contribution in [2.75, 3.05) is 6.61 Å². The second kappa shape index (κ2) is 11.3. The summed E-state index contributed by atoms with van der Waals surface area (Å²) in [7, 11) is 0. The zero-order valence-electron chi connectivity index (χ0n) is 23.2. The number of Topliss-reactive ketones (excluding diaryl/α,β-unsaturated/α-hetero) is 1. The molecule has 0 radical (unpaired) electrons. The number of aryl methyl sites for hydroxylation is 1. The standard InChI is InChI=1S/C33H29N3O6/c1-3-40-26-18-23(14-15-25(26)42-20-22-10-5-4-6-11-22)30-28(32(38)33(39)36(30)19-24-12-9-17-41-24)31(37)29-21(2)34-27-13-7-8-16-35(27)29/h4-18,30,37H,3,19-20H2,1-2H3. The summed E-state index contributed by atoms with van der Waals surface area (Å²) >= 11 is 0. The molecule has 9 nitrogen and oxygen atoms in total. The number of furan rings is 1. The molecule has 9 heteroatoms. The Labute approximate surface area is 242 Å². The lowest BCUT2D eigenvalue weighted by Gasteiger charge is -2.25. The third-order valence-corrected chi connectivity index (χ3v) is 7.20. The maximum absolute atomic E-state index is 13.6. The maximum Gasteiger partial charge on any atom is 0.296 e. The number of imidazole rings is 1. The molecule has 1 aliphatic rings. The Balaban J connectivity index is 1.47. The van der Waals surface area contributed by atoms with Crippen LogP contribution in [-0.2, 0) is 22.7 Å². The van der Waals surface area contributed by atoms with E-state index >= 15 is 0 Å². The van der Waals surface area contributed by atoms with Crippen LogP contribution >= 0.6 is 0 Å². The fourth-order valence-electron chi connectivity index (χ4n) is 5.30. The molecule has 1 aliphatic heterocycles. The van der Waals surface area contributed by atoms with Crippen molar-refractivity contribution in [1.82, 2.24) is 14.3 Å². The fourth-order valence-corrected chi connectivity index (χ4v) is 5.30. The zero-order chi connectivity index (χ0) is 29.2. The predicted octanol–water partition coefficient (Wildman–Crippen LogP) is 5.84. The highest BCUT2D eigenvalue weighted by molar-refractivity contribution is 6.46. The van der Waals surface area contributed by atoms with Gasteiger partial charge in [0.2, 0.25) is 0 Å². The normalized spacial score (nSPS) is 16.3. The third-order valence-electron chi connectivity index (χ3n) is 7.20. The average Bonchev–Trinajstić information content (AvgIpc) is 3.70. The van der Waals surface area contributed by atoms with Crippen LogP contribution in [0, 0.1) is 6.92 Å². The summed E-state index contributed by atoms with van der Waals surface area (Å²) in [5, 5.41) is 11.7. The van der Waals surface area contributed by atoms with Crippen LogP contribution < -0.4 is 9.47 Å². The van der Waals surface area contributed by atoms with E-state index in [4.69, 9.17) is 13.9 Å². The second-order valence-corrected chi connectivity index (χ2v) is 9.89. The first-order chi connectivity index (χ1) is 20.5. The SMILES string of the molecule is CCOc1cc(C2C(=C(O)c3c(C)nc4ccccn34)C(=O)C(=O)N2Cc2ccco2)ccc1OCc1ccccc1. The number of amides is 1. The number of carbonyl (C=O) groups is 2. The number of rotatable bonds is 9. The molecule has 1 saturated heterocycles. The minimum Gasteiger partial charge on any atom is -0.505 e. The summed E-state index contributed by atoms with van der Waals surface area (Å²) in [4.78, 5) is 33.1. The van der Waals surface area contributed by atoms with Gasteiger partial charge in [-0.2, -0.15) is 0 Å². The van der Waals surface area contributed by atoms with E-state index in [0.29, 0.717) is 53.1 Å². The number of likely N-dealkylation sites (tertiary alicyclic amines) is 1. The minimum absolute atomic E-state index is 0.0291. The van der Waals surface area contributed by atoms with Gasteiger partial charge in [0.25, 0.3) is 11.7 Å². The van der Waals surface area contributed by atoms with Gasteiger partial charge in [-0.25, -0.2) is 4.98 Å². The van der Waals surface area contributed by atoms with Gasteiger partial charge in [-0.05, 0) is 61.4 Å². The molecular weight excluding hydrogens is 534 g/mol. The molecule has 1 atom stereocenters. The lowest BCUT2D eigenvalue weighted by Crippen LogP contribution is -2.29. The van der Waals surface area contributed by atoms with Crippen molar-refractivity contribution in [2.45, 2.75) is 33.0 Å². The summed E-state index contributed by atoms with van der Waals surface area (Å²) in [6, 6.07) is 23.0. The van der Waals surface area contributed by atoms with Crippen molar-refractivity contribution in [2.24, 2.45) is 0 Å². The van der Waals surface area contributed by atoms with Crippen LogP contribution in [0.1, 0.15) is 41.2 Å². The van der Waals surface area contributed by atoms with Gasteiger partial charge in [0, 0.05) is 6.20 Å². The zero-order valence-corrected chi connectivity index (χ0v) is 23.2.